The third kappa shape index (κ3) is 9.24. The third-order valence-corrected chi connectivity index (χ3v) is 3.99. The van der Waals surface area contributed by atoms with Gasteiger partial charge in [-0.2, -0.15) is 0 Å². The minimum atomic E-state index is -0.713. The molecule has 0 saturated carbocycles. The molecule has 0 unspecified atom stereocenters. The summed E-state index contributed by atoms with van der Waals surface area (Å²) < 4.78 is 20.6. The molecule has 0 radical (unpaired) electrons. The van der Waals surface area contributed by atoms with Crippen LogP contribution in [0.15, 0.2) is 79.4 Å². The molecule has 0 aliphatic heterocycles. The number of carbonyl (C=O) groups excluding carboxylic acids is 3. The first-order chi connectivity index (χ1) is 15.9. The highest BCUT2D eigenvalue weighted by molar-refractivity contribution is 5.90. The Morgan fingerprint density at radius 2 is 1.45 bits per heavy atom. The van der Waals surface area contributed by atoms with Crippen molar-refractivity contribution in [1.29, 1.82) is 0 Å². The zero-order chi connectivity index (χ0) is 24.1. The topological polar surface area (TPSA) is 108 Å². The highest BCUT2D eigenvalue weighted by atomic mass is 16.5. The van der Waals surface area contributed by atoms with Crippen molar-refractivity contribution in [2.75, 3.05) is 19.8 Å². The summed E-state index contributed by atoms with van der Waals surface area (Å²) in [5.74, 6) is -0.530. The van der Waals surface area contributed by atoms with Crippen LogP contribution in [0.25, 0.3) is 6.08 Å². The minimum absolute atomic E-state index is 0.0483. The number of carbonyl (C=O) groups is 3. The van der Waals surface area contributed by atoms with E-state index in [9.17, 15) is 14.4 Å². The quantitative estimate of drug-likeness (QED) is 0.226. The van der Waals surface area contributed by atoms with Gasteiger partial charge in [-0.05, 0) is 48.0 Å². The molecule has 0 saturated heterocycles. The fraction of sp³-hybridized carbons (Fsp3) is 0.160. The Hall–Kier alpha value is -4.17. The molecule has 2 rings (SSSR count). The summed E-state index contributed by atoms with van der Waals surface area (Å²) in [5.41, 5.74) is 0.642. The molecule has 0 heterocycles. The highest BCUT2D eigenvalue weighted by Gasteiger charge is 2.08. The summed E-state index contributed by atoms with van der Waals surface area (Å²) in [6.45, 7) is 6.82. The summed E-state index contributed by atoms with van der Waals surface area (Å²) in [6, 6.07) is 12.9. The molecule has 33 heavy (non-hydrogen) atoms. The van der Waals surface area contributed by atoms with E-state index < -0.39 is 24.5 Å². The molecule has 1 N–H and O–H groups in total. The lowest BCUT2D eigenvalue weighted by Gasteiger charge is -2.07. The number of rotatable bonds is 12. The van der Waals surface area contributed by atoms with Gasteiger partial charge in [-0.1, -0.05) is 25.3 Å². The Morgan fingerprint density at radius 3 is 2.09 bits per heavy atom. The van der Waals surface area contributed by atoms with E-state index in [1.54, 1.807) is 54.6 Å². The fourth-order valence-electron chi connectivity index (χ4n) is 2.29. The predicted octanol–water partition coefficient (Wildman–Crippen LogP) is 3.26. The van der Waals surface area contributed by atoms with Crippen molar-refractivity contribution in [3.63, 3.8) is 0 Å². The fourth-order valence-corrected chi connectivity index (χ4v) is 2.29. The monoisotopic (exact) mass is 452 g/mol. The molecule has 8 heteroatoms. The molecule has 2 aromatic carbocycles. The normalized spacial score (nSPS) is 10.3. The van der Waals surface area contributed by atoms with E-state index in [-0.39, 0.29) is 17.9 Å². The van der Waals surface area contributed by atoms with E-state index in [1.807, 2.05) is 0 Å². The van der Waals surface area contributed by atoms with Crippen LogP contribution in [-0.4, -0.2) is 42.8 Å². The van der Waals surface area contributed by atoms with E-state index >= 15 is 0 Å². The standard InChI is InChI=1S/C25H24O8/c1-3-23(27)31-16-4-15-30-20-10-12-21(13-11-20)32-24(28)14-7-19-5-8-22(9-6-19)33-25(29)18(2)17-26/h3,5-14,26H,1-2,4,15-17H2/b14-7+. The van der Waals surface area contributed by atoms with Gasteiger partial charge in [-0.3, -0.25) is 0 Å². The highest BCUT2D eigenvalue weighted by Crippen LogP contribution is 2.18. The van der Waals surface area contributed by atoms with Gasteiger partial charge < -0.3 is 24.1 Å². The summed E-state index contributed by atoms with van der Waals surface area (Å²) in [6.07, 6.45) is 4.45. The van der Waals surface area contributed by atoms with Crippen LogP contribution in [0, 0.1) is 0 Å². The first kappa shape index (κ1) is 25.1. The first-order valence-corrected chi connectivity index (χ1v) is 9.94. The lowest BCUT2D eigenvalue weighted by atomic mass is 10.2. The minimum Gasteiger partial charge on any atom is -0.493 e. The maximum atomic E-state index is 12.0. The van der Waals surface area contributed by atoms with Gasteiger partial charge in [0, 0.05) is 18.6 Å². The van der Waals surface area contributed by atoms with Crippen molar-refractivity contribution in [3.8, 4) is 17.2 Å². The van der Waals surface area contributed by atoms with Crippen molar-refractivity contribution < 1.29 is 38.4 Å². The average Bonchev–Trinajstić information content (AvgIpc) is 2.83. The molecular weight excluding hydrogens is 428 g/mol. The summed E-state index contributed by atoms with van der Waals surface area (Å²) in [5, 5.41) is 8.87. The summed E-state index contributed by atoms with van der Waals surface area (Å²) in [4.78, 5) is 34.5. The molecule has 0 amide bonds. The van der Waals surface area contributed by atoms with Crippen molar-refractivity contribution in [2.45, 2.75) is 6.42 Å². The Morgan fingerprint density at radius 1 is 0.848 bits per heavy atom. The lowest BCUT2D eigenvalue weighted by molar-refractivity contribution is -0.138. The van der Waals surface area contributed by atoms with Gasteiger partial charge in [0.25, 0.3) is 0 Å². The summed E-state index contributed by atoms with van der Waals surface area (Å²) >= 11 is 0. The molecule has 0 aromatic heterocycles. The number of hydrogen-bond acceptors (Lipinski definition) is 8. The van der Waals surface area contributed by atoms with Gasteiger partial charge in [0.15, 0.2) is 0 Å². The zero-order valence-electron chi connectivity index (χ0n) is 17.9. The van der Waals surface area contributed by atoms with Crippen molar-refractivity contribution in [2.24, 2.45) is 0 Å². The number of aliphatic hydroxyl groups excluding tert-OH is 1. The molecular formula is C25H24O8. The first-order valence-electron chi connectivity index (χ1n) is 9.94. The van der Waals surface area contributed by atoms with E-state index in [2.05, 4.69) is 13.2 Å². The van der Waals surface area contributed by atoms with Crippen molar-refractivity contribution >= 4 is 24.0 Å². The third-order valence-electron chi connectivity index (χ3n) is 3.99. The summed E-state index contributed by atoms with van der Waals surface area (Å²) in [7, 11) is 0. The zero-order valence-corrected chi connectivity index (χ0v) is 17.9. The van der Waals surface area contributed by atoms with Crippen LogP contribution in [-0.2, 0) is 19.1 Å². The smallest absolute Gasteiger partial charge is 0.341 e. The largest absolute Gasteiger partial charge is 0.493 e. The number of esters is 3. The van der Waals surface area contributed by atoms with E-state index in [4.69, 9.17) is 24.1 Å². The predicted molar refractivity (Wildman–Crippen MR) is 121 cm³/mol. The van der Waals surface area contributed by atoms with E-state index in [0.29, 0.717) is 30.1 Å². The van der Waals surface area contributed by atoms with Crippen LogP contribution < -0.4 is 14.2 Å². The molecule has 0 spiro atoms. The van der Waals surface area contributed by atoms with Crippen LogP contribution in [0.5, 0.6) is 17.2 Å². The lowest BCUT2D eigenvalue weighted by Crippen LogP contribution is -2.12. The van der Waals surface area contributed by atoms with Crippen molar-refractivity contribution in [3.05, 3.63) is 85.0 Å². The van der Waals surface area contributed by atoms with Crippen LogP contribution >= 0.6 is 0 Å². The van der Waals surface area contributed by atoms with Crippen LogP contribution in [0.2, 0.25) is 0 Å². The molecule has 0 atom stereocenters. The van der Waals surface area contributed by atoms with Crippen LogP contribution in [0.3, 0.4) is 0 Å². The van der Waals surface area contributed by atoms with Gasteiger partial charge in [-0.25, -0.2) is 14.4 Å². The Bertz CT molecular complexity index is 1000. The molecule has 8 nitrogen and oxygen atoms in total. The Labute approximate surface area is 191 Å². The second-order valence-electron chi connectivity index (χ2n) is 6.52. The van der Waals surface area contributed by atoms with E-state index in [0.717, 1.165) is 6.08 Å². The van der Waals surface area contributed by atoms with Gasteiger partial charge >= 0.3 is 17.9 Å². The van der Waals surface area contributed by atoms with Crippen molar-refractivity contribution in [1.82, 2.24) is 0 Å². The van der Waals surface area contributed by atoms with Gasteiger partial charge in [0.05, 0.1) is 25.4 Å². The molecule has 0 fully saturated rings. The van der Waals surface area contributed by atoms with Crippen LogP contribution in [0.4, 0.5) is 0 Å². The molecule has 0 bridgehead atoms. The van der Waals surface area contributed by atoms with Gasteiger partial charge in [0.2, 0.25) is 0 Å². The molecule has 0 aliphatic rings. The average molecular weight is 452 g/mol. The number of aliphatic hydroxyl groups is 1. The SMILES string of the molecule is C=CC(=O)OCCCOc1ccc(OC(=O)/C=C/c2ccc(OC(=O)C(=C)CO)cc2)cc1. The molecule has 2 aromatic rings. The number of hydrogen-bond donors (Lipinski definition) is 1. The Balaban J connectivity index is 1.77. The van der Waals surface area contributed by atoms with Gasteiger partial charge in [-0.15, -0.1) is 0 Å². The number of ether oxygens (including phenoxy) is 4. The maximum Gasteiger partial charge on any atom is 0.341 e. The number of benzene rings is 2. The second-order valence-corrected chi connectivity index (χ2v) is 6.52. The molecule has 0 aliphatic carbocycles. The second kappa shape index (κ2) is 13.3. The molecule has 172 valence electrons. The maximum absolute atomic E-state index is 12.0. The Kier molecular flexibility index (Phi) is 10.1. The van der Waals surface area contributed by atoms with Gasteiger partial charge in [0.1, 0.15) is 17.2 Å². The van der Waals surface area contributed by atoms with Crippen LogP contribution in [0.1, 0.15) is 12.0 Å². The van der Waals surface area contributed by atoms with E-state index in [1.165, 1.54) is 6.08 Å².